The van der Waals surface area contributed by atoms with Crippen LogP contribution < -0.4 is 27.1 Å². The third-order valence-corrected chi connectivity index (χ3v) is 16.9. The smallest absolute Gasteiger partial charge is 0.325 e. The quantitative estimate of drug-likeness (QED) is 0.0614. The van der Waals surface area contributed by atoms with Crippen LogP contribution in [0.15, 0.2) is 72.4 Å². The Morgan fingerprint density at radius 3 is 2.37 bits per heavy atom. The molecule has 3 saturated heterocycles. The van der Waals surface area contributed by atoms with Gasteiger partial charge in [0, 0.05) is 67.5 Å². The van der Waals surface area contributed by atoms with E-state index in [9.17, 15) is 49.2 Å². The molecule has 0 aromatic heterocycles. The highest BCUT2D eigenvalue weighted by Gasteiger charge is 2.57. The summed E-state index contributed by atoms with van der Waals surface area (Å²) in [5, 5.41) is 55.9. The number of rotatable bonds is 15. The summed E-state index contributed by atoms with van der Waals surface area (Å²) in [6.45, 7) is 18.4. The van der Waals surface area contributed by atoms with Crippen molar-refractivity contribution in [3.63, 3.8) is 0 Å². The van der Waals surface area contributed by atoms with Crippen molar-refractivity contribution in [2.45, 2.75) is 200 Å². The molecule has 0 saturated carbocycles. The van der Waals surface area contributed by atoms with Gasteiger partial charge in [0.2, 0.25) is 17.7 Å². The van der Waals surface area contributed by atoms with Crippen molar-refractivity contribution in [1.29, 1.82) is 0 Å². The van der Waals surface area contributed by atoms with Gasteiger partial charge in [-0.1, -0.05) is 110 Å². The van der Waals surface area contributed by atoms with Crippen LogP contribution in [0.1, 0.15) is 139 Å². The molecular formula is C60H92N6O12. The summed E-state index contributed by atoms with van der Waals surface area (Å²) in [5.41, 5.74) is 10.00. The number of fused-ring (bicyclic) bond motifs is 2. The molecule has 2 bridgehead atoms. The molecule has 18 heteroatoms. The first-order valence-electron chi connectivity index (χ1n) is 28.5. The number of aliphatic hydroxyl groups is 4. The predicted molar refractivity (Wildman–Crippen MR) is 298 cm³/mol. The number of nitrogen functional groups attached to an aromatic ring is 1. The molecular weight excluding hydrogens is 997 g/mol. The second-order valence-electron chi connectivity index (χ2n) is 23.2. The number of amides is 4. The summed E-state index contributed by atoms with van der Waals surface area (Å²) in [7, 11) is 0. The van der Waals surface area contributed by atoms with Gasteiger partial charge < -0.3 is 56.4 Å². The molecule has 0 radical (unpaired) electrons. The number of hydrogen-bond acceptors (Lipinski definition) is 14. The number of carbonyl (C=O) groups is 6. The Labute approximate surface area is 462 Å². The lowest BCUT2D eigenvalue weighted by Gasteiger charge is -2.56. The summed E-state index contributed by atoms with van der Waals surface area (Å²) >= 11 is 0. The minimum absolute atomic E-state index is 0.0225. The number of hydrazine groups is 1. The molecule has 4 aliphatic heterocycles. The maximum atomic E-state index is 14.6. The molecule has 4 amide bonds. The number of ketones is 1. The minimum Gasteiger partial charge on any atom is -0.456 e. The Bertz CT molecular complexity index is 2340. The normalized spacial score (nSPS) is 34.1. The molecule has 4 aliphatic rings. The largest absolute Gasteiger partial charge is 0.456 e. The summed E-state index contributed by atoms with van der Waals surface area (Å²) in [6.07, 6.45) is 10.9. The summed E-state index contributed by atoms with van der Waals surface area (Å²) in [6, 6.07) is 3.65. The zero-order valence-electron chi connectivity index (χ0n) is 47.7. The van der Waals surface area contributed by atoms with E-state index in [4.69, 9.17) is 15.2 Å². The van der Waals surface area contributed by atoms with Crippen molar-refractivity contribution < 1.29 is 58.7 Å². The van der Waals surface area contributed by atoms with Crippen LogP contribution in [0.4, 0.5) is 5.69 Å². The molecule has 5 rings (SSSR count). The molecule has 17 unspecified atom stereocenters. The molecule has 18 nitrogen and oxygen atoms in total. The average molecular weight is 1090 g/mol. The van der Waals surface area contributed by atoms with E-state index in [0.717, 1.165) is 12.0 Å². The zero-order chi connectivity index (χ0) is 57.6. The lowest BCUT2D eigenvalue weighted by molar-refractivity contribution is -0.267. The molecule has 4 heterocycles. The number of piperidine rings is 1. The van der Waals surface area contributed by atoms with Gasteiger partial charge >= 0.3 is 5.97 Å². The van der Waals surface area contributed by atoms with Crippen molar-refractivity contribution in [3.05, 3.63) is 77.9 Å². The van der Waals surface area contributed by atoms with Gasteiger partial charge in [-0.15, -0.1) is 0 Å². The van der Waals surface area contributed by atoms with Gasteiger partial charge in [0.25, 0.3) is 5.91 Å². The lowest BCUT2D eigenvalue weighted by atomic mass is 9.69. The molecule has 434 valence electrons. The van der Waals surface area contributed by atoms with Crippen LogP contribution in [0.5, 0.6) is 0 Å². The number of nitrogens with two attached hydrogens (primary N) is 1. The SMILES string of the molecule is CCC1CC(C)C2(NC1=O)OC(CC(O)C(C)CCC=CC=C(C)C1CC=CC=CC(O)C(C)C(O)C(CCC(C)=O)C(=O)NC(C(C)C)C(=O)NC(Cc3cccc(N)c3)C(=O)N3CCCC(N3)C(=O)O1)C(C)C(O)C2C. The fourth-order valence-corrected chi connectivity index (χ4v) is 11.4. The Morgan fingerprint density at radius 2 is 1.69 bits per heavy atom. The fraction of sp³-hybridized carbons (Fsp3) is 0.667. The Balaban J connectivity index is 1.35. The molecule has 10 N–H and O–H groups in total. The Kier molecular flexibility index (Phi) is 23.9. The number of Topliss-reactive ketones (excluding diaryl/α,β-unsaturated/α-hetero) is 1. The van der Waals surface area contributed by atoms with Crippen LogP contribution >= 0.6 is 0 Å². The standard InChI is InChI=1S/C60H92N6O12/c1-11-43-30-37(6)60(64-55(43)72)41(10)53(70)40(9)51(78-60)33-49(69)35(4)20-14-12-15-21-36(5)50-26-17-13-16-25-48(68)39(8)54(71)45(28-27-38(7)67)56(73)63-52(34(2)3)57(74)62-47(32-42-22-18-23-44(61)31-42)58(75)66-29-19-24-46(65-66)59(76)77-50/h12-13,15-18,21-23,25,31,34-35,37,39-41,43,45-54,65,68-71H,11,14,19-20,24,26-30,32-33,61H2,1-10H3,(H,62,74)(H,63,73)(H,64,72). The number of esters is 1. The number of benzene rings is 1. The molecule has 1 spiro atoms. The third-order valence-electron chi connectivity index (χ3n) is 16.9. The number of cyclic esters (lactones) is 1. The van der Waals surface area contributed by atoms with Crippen LogP contribution in [-0.4, -0.2) is 128 Å². The molecule has 0 aliphatic carbocycles. The number of carbonyl (C=O) groups excluding carboxylic acids is 6. The van der Waals surface area contributed by atoms with Crippen LogP contribution in [0.3, 0.4) is 0 Å². The Hall–Kier alpha value is -5.24. The molecule has 1 aromatic carbocycles. The van der Waals surface area contributed by atoms with E-state index < -0.39 is 102 Å². The second kappa shape index (κ2) is 29.3. The highest BCUT2D eigenvalue weighted by Crippen LogP contribution is 2.46. The van der Waals surface area contributed by atoms with Crippen LogP contribution in [0.2, 0.25) is 0 Å². The number of anilines is 1. The number of aliphatic hydroxyl groups excluding tert-OH is 4. The number of nitrogens with one attached hydrogen (secondary N) is 4. The Morgan fingerprint density at radius 1 is 0.962 bits per heavy atom. The predicted octanol–water partition coefficient (Wildman–Crippen LogP) is 5.28. The third kappa shape index (κ3) is 16.7. The summed E-state index contributed by atoms with van der Waals surface area (Å²) < 4.78 is 12.9. The first-order valence-corrected chi connectivity index (χ1v) is 28.5. The van der Waals surface area contributed by atoms with Gasteiger partial charge in [0.05, 0.1) is 36.4 Å². The van der Waals surface area contributed by atoms with Crippen LogP contribution in [0.25, 0.3) is 0 Å². The maximum absolute atomic E-state index is 14.6. The van der Waals surface area contributed by atoms with Gasteiger partial charge in [0.1, 0.15) is 35.7 Å². The first kappa shape index (κ1) is 63.6. The van der Waals surface area contributed by atoms with Crippen LogP contribution in [0, 0.1) is 47.3 Å². The van der Waals surface area contributed by atoms with Crippen molar-refractivity contribution in [2.24, 2.45) is 47.3 Å². The number of allylic oxidation sites excluding steroid dienone is 5. The van der Waals surface area contributed by atoms with E-state index in [1.165, 1.54) is 18.0 Å². The second-order valence-corrected chi connectivity index (χ2v) is 23.2. The summed E-state index contributed by atoms with van der Waals surface area (Å²) in [4.78, 5) is 82.3. The van der Waals surface area contributed by atoms with E-state index in [1.54, 1.807) is 63.3 Å². The van der Waals surface area contributed by atoms with E-state index >= 15 is 0 Å². The van der Waals surface area contributed by atoms with Crippen LogP contribution in [-0.2, 0) is 44.7 Å². The van der Waals surface area contributed by atoms with Gasteiger partial charge in [-0.05, 0) is 93.9 Å². The molecule has 1 aromatic rings. The van der Waals surface area contributed by atoms with Crippen molar-refractivity contribution in [1.82, 2.24) is 26.4 Å². The average Bonchev–Trinajstić information content (AvgIpc) is 3.51. The van der Waals surface area contributed by atoms with E-state index in [-0.39, 0.29) is 73.5 Å². The maximum Gasteiger partial charge on any atom is 0.325 e. The molecule has 78 heavy (non-hydrogen) atoms. The highest BCUT2D eigenvalue weighted by molar-refractivity contribution is 5.93. The number of ether oxygens (including phenoxy) is 2. The van der Waals surface area contributed by atoms with Crippen molar-refractivity contribution in [3.8, 4) is 0 Å². The topological polar surface area (TPSA) is 279 Å². The molecule has 3 fully saturated rings. The van der Waals surface area contributed by atoms with E-state index in [0.29, 0.717) is 49.8 Å². The first-order chi connectivity index (χ1) is 36.9. The van der Waals surface area contributed by atoms with Gasteiger partial charge in [-0.2, -0.15) is 0 Å². The van der Waals surface area contributed by atoms with Crippen molar-refractivity contribution >= 4 is 41.1 Å². The van der Waals surface area contributed by atoms with Gasteiger partial charge in [-0.25, -0.2) is 5.43 Å². The lowest BCUT2D eigenvalue weighted by Crippen LogP contribution is -2.71. The summed E-state index contributed by atoms with van der Waals surface area (Å²) in [5.74, 6) is -6.10. The number of hydrogen-bond donors (Lipinski definition) is 9. The fourth-order valence-electron chi connectivity index (χ4n) is 11.4. The van der Waals surface area contributed by atoms with Crippen molar-refractivity contribution in [2.75, 3.05) is 12.3 Å². The zero-order valence-corrected chi connectivity index (χ0v) is 47.7. The number of nitrogens with zero attached hydrogens (tertiary/aromatic N) is 1. The minimum atomic E-state index is -1.42. The monoisotopic (exact) mass is 1090 g/mol. The highest BCUT2D eigenvalue weighted by atomic mass is 16.5. The van der Waals surface area contributed by atoms with Gasteiger partial charge in [-0.3, -0.25) is 29.0 Å². The molecule has 17 atom stereocenters. The van der Waals surface area contributed by atoms with E-state index in [2.05, 4.69) is 28.3 Å². The van der Waals surface area contributed by atoms with Gasteiger partial charge in [0.15, 0.2) is 0 Å². The van der Waals surface area contributed by atoms with E-state index in [1.807, 2.05) is 52.8 Å².